The van der Waals surface area contributed by atoms with Crippen LogP contribution in [0.5, 0.6) is 0 Å². The molecule has 1 nitrogen and oxygen atoms in total. The number of hydrogen-bond donors (Lipinski definition) is 0. The maximum absolute atomic E-state index is 2.61. The fourth-order valence-electron chi connectivity index (χ4n) is 5.78. The molecule has 0 radical (unpaired) electrons. The predicted octanol–water partition coefficient (Wildman–Crippen LogP) is 7.68. The van der Waals surface area contributed by atoms with Crippen molar-refractivity contribution in [3.8, 4) is 33.6 Å². The van der Waals surface area contributed by atoms with Crippen molar-refractivity contribution in [2.75, 3.05) is 0 Å². The van der Waals surface area contributed by atoms with E-state index < -0.39 is 0 Å². The molecule has 0 spiro atoms. The molecular formula is C34H30N+. The van der Waals surface area contributed by atoms with E-state index in [9.17, 15) is 0 Å². The fourth-order valence-corrected chi connectivity index (χ4v) is 5.78. The van der Waals surface area contributed by atoms with Crippen LogP contribution in [0.4, 0.5) is 0 Å². The Labute approximate surface area is 208 Å². The zero-order chi connectivity index (χ0) is 23.6. The van der Waals surface area contributed by atoms with Gasteiger partial charge in [0, 0.05) is 33.4 Å². The van der Waals surface area contributed by atoms with E-state index in [2.05, 4.69) is 127 Å². The van der Waals surface area contributed by atoms with Crippen LogP contribution < -0.4 is 4.57 Å². The van der Waals surface area contributed by atoms with Crippen molar-refractivity contribution in [1.82, 2.24) is 0 Å². The number of aryl methyl sites for hydroxylation is 1. The van der Waals surface area contributed by atoms with Gasteiger partial charge in [-0.15, -0.1) is 0 Å². The van der Waals surface area contributed by atoms with Crippen LogP contribution in [-0.4, -0.2) is 0 Å². The fraction of sp³-hybridized carbons (Fsp3) is 0.147. The third-order valence-electron chi connectivity index (χ3n) is 7.28. The molecule has 1 aromatic heterocycles. The molecule has 0 fully saturated rings. The molecular weight excluding hydrogens is 422 g/mol. The minimum absolute atomic E-state index is 0.851. The summed E-state index contributed by atoms with van der Waals surface area (Å²) in [6.07, 6.45) is 3.13. The lowest BCUT2D eigenvalue weighted by Crippen LogP contribution is -2.43. The zero-order valence-corrected chi connectivity index (χ0v) is 20.2. The Bertz CT molecular complexity index is 1450. The first-order chi connectivity index (χ1) is 17.3. The van der Waals surface area contributed by atoms with Gasteiger partial charge in [0.25, 0.3) is 0 Å². The van der Waals surface area contributed by atoms with Crippen molar-refractivity contribution in [2.45, 2.75) is 32.7 Å². The molecule has 35 heavy (non-hydrogen) atoms. The van der Waals surface area contributed by atoms with Gasteiger partial charge in [-0.2, -0.15) is 4.57 Å². The van der Waals surface area contributed by atoms with E-state index in [0.717, 1.165) is 25.8 Å². The smallest absolute Gasteiger partial charge is 0.186 e. The molecule has 1 aliphatic carbocycles. The molecule has 1 heteroatoms. The van der Waals surface area contributed by atoms with Crippen LogP contribution in [0.3, 0.4) is 0 Å². The van der Waals surface area contributed by atoms with Gasteiger partial charge in [-0.3, -0.25) is 0 Å². The molecule has 1 aliphatic rings. The molecule has 0 saturated carbocycles. The van der Waals surface area contributed by atoms with Gasteiger partial charge in [-0.05, 0) is 48.6 Å². The van der Waals surface area contributed by atoms with E-state index in [-0.39, 0.29) is 0 Å². The van der Waals surface area contributed by atoms with Crippen LogP contribution in [0.15, 0.2) is 115 Å². The molecule has 0 bridgehead atoms. The average molecular weight is 453 g/mol. The molecule has 5 aromatic rings. The van der Waals surface area contributed by atoms with Gasteiger partial charge in [-0.1, -0.05) is 104 Å². The summed E-state index contributed by atoms with van der Waals surface area (Å²) >= 11 is 0. The molecule has 4 aromatic carbocycles. The molecule has 0 atom stereocenters. The van der Waals surface area contributed by atoms with Gasteiger partial charge in [0.15, 0.2) is 6.54 Å². The van der Waals surface area contributed by atoms with E-state index in [1.165, 1.54) is 55.9 Å². The van der Waals surface area contributed by atoms with Gasteiger partial charge in [-0.25, -0.2) is 0 Å². The van der Waals surface area contributed by atoms with Gasteiger partial charge in [0.1, 0.15) is 0 Å². The molecule has 0 N–H and O–H groups in total. The topological polar surface area (TPSA) is 3.88 Å². The van der Waals surface area contributed by atoms with Crippen LogP contribution in [0, 0.1) is 0 Å². The Hall–Kier alpha value is -3.97. The summed E-state index contributed by atoms with van der Waals surface area (Å²) in [7, 11) is 0. The number of hydrogen-bond acceptors (Lipinski definition) is 0. The molecule has 0 aliphatic heterocycles. The number of pyridine rings is 1. The van der Waals surface area contributed by atoms with Crippen molar-refractivity contribution < 1.29 is 4.57 Å². The monoisotopic (exact) mass is 452 g/mol. The van der Waals surface area contributed by atoms with Crippen LogP contribution in [-0.2, 0) is 25.8 Å². The SMILES string of the molecule is CCc1c(-c2ccccc2)c2c([n+](Cc3ccccc3)c1-c1ccccc1)-c1ccccc1CC2. The third kappa shape index (κ3) is 3.88. The normalized spacial score (nSPS) is 12.1. The van der Waals surface area contributed by atoms with Crippen LogP contribution in [0.2, 0.25) is 0 Å². The minimum Gasteiger partial charge on any atom is -0.186 e. The Balaban J connectivity index is 1.77. The highest BCUT2D eigenvalue weighted by Gasteiger charge is 2.35. The maximum Gasteiger partial charge on any atom is 0.217 e. The molecule has 0 unspecified atom stereocenters. The quantitative estimate of drug-likeness (QED) is 0.241. The zero-order valence-electron chi connectivity index (χ0n) is 20.2. The van der Waals surface area contributed by atoms with Crippen molar-refractivity contribution in [3.63, 3.8) is 0 Å². The third-order valence-corrected chi connectivity index (χ3v) is 7.28. The minimum atomic E-state index is 0.851. The first kappa shape index (κ1) is 21.6. The maximum atomic E-state index is 2.61. The van der Waals surface area contributed by atoms with Crippen molar-refractivity contribution in [1.29, 1.82) is 0 Å². The molecule has 0 saturated heterocycles. The first-order valence-electron chi connectivity index (χ1n) is 12.7. The Morgan fingerprint density at radius 3 is 1.89 bits per heavy atom. The highest BCUT2D eigenvalue weighted by Crippen LogP contribution is 2.42. The van der Waals surface area contributed by atoms with E-state index >= 15 is 0 Å². The second-order valence-electron chi connectivity index (χ2n) is 9.34. The Morgan fingerprint density at radius 2 is 1.20 bits per heavy atom. The summed E-state index contributed by atoms with van der Waals surface area (Å²) in [6, 6.07) is 41.9. The first-order valence-corrected chi connectivity index (χ1v) is 12.7. The number of benzene rings is 4. The molecule has 0 amide bonds. The van der Waals surface area contributed by atoms with Gasteiger partial charge < -0.3 is 0 Å². The summed E-state index contributed by atoms with van der Waals surface area (Å²) in [5.74, 6) is 0. The average Bonchev–Trinajstić information content (AvgIpc) is 2.93. The van der Waals surface area contributed by atoms with Crippen LogP contribution >= 0.6 is 0 Å². The number of nitrogens with zero attached hydrogens (tertiary/aromatic N) is 1. The molecule has 1 heterocycles. The molecule has 6 rings (SSSR count). The van der Waals surface area contributed by atoms with E-state index in [4.69, 9.17) is 0 Å². The molecule has 170 valence electrons. The lowest BCUT2D eigenvalue weighted by Gasteiger charge is -2.26. The lowest BCUT2D eigenvalue weighted by molar-refractivity contribution is -0.667. The van der Waals surface area contributed by atoms with Gasteiger partial charge in [0.05, 0.1) is 0 Å². The van der Waals surface area contributed by atoms with Crippen molar-refractivity contribution in [3.05, 3.63) is 138 Å². The lowest BCUT2D eigenvalue weighted by atomic mass is 9.80. The summed E-state index contributed by atoms with van der Waals surface area (Å²) in [4.78, 5) is 0. The van der Waals surface area contributed by atoms with Crippen molar-refractivity contribution in [2.24, 2.45) is 0 Å². The van der Waals surface area contributed by atoms with Gasteiger partial charge in [0.2, 0.25) is 11.4 Å². The van der Waals surface area contributed by atoms with Crippen LogP contribution in [0.25, 0.3) is 33.6 Å². The largest absolute Gasteiger partial charge is 0.217 e. The van der Waals surface area contributed by atoms with E-state index in [0.29, 0.717) is 0 Å². The second kappa shape index (κ2) is 9.35. The van der Waals surface area contributed by atoms with Crippen LogP contribution in [0.1, 0.15) is 29.2 Å². The second-order valence-corrected chi connectivity index (χ2v) is 9.34. The summed E-state index contributed by atoms with van der Waals surface area (Å²) in [6.45, 7) is 3.16. The highest BCUT2D eigenvalue weighted by molar-refractivity contribution is 5.84. The number of fused-ring (bicyclic) bond motifs is 3. The Morgan fingerprint density at radius 1 is 0.600 bits per heavy atom. The highest BCUT2D eigenvalue weighted by atomic mass is 15.0. The number of aromatic nitrogens is 1. The predicted molar refractivity (Wildman–Crippen MR) is 145 cm³/mol. The van der Waals surface area contributed by atoms with E-state index in [1.54, 1.807) is 0 Å². The summed E-state index contributed by atoms with van der Waals surface area (Å²) in [5.41, 5.74) is 13.8. The van der Waals surface area contributed by atoms with E-state index in [1.807, 2.05) is 0 Å². The Kier molecular flexibility index (Phi) is 5.76. The number of rotatable bonds is 5. The summed E-state index contributed by atoms with van der Waals surface area (Å²) < 4.78 is 2.61. The van der Waals surface area contributed by atoms with Gasteiger partial charge >= 0.3 is 0 Å². The van der Waals surface area contributed by atoms with Crippen molar-refractivity contribution >= 4 is 0 Å². The summed E-state index contributed by atoms with van der Waals surface area (Å²) in [5, 5.41) is 0. The standard InChI is InChI=1S/C34H30N/c1-2-29-32(27-17-8-4-9-18-27)31-23-22-26-16-12-13-21-30(26)34(31)35(24-25-14-6-3-7-15-25)33(29)28-19-10-5-11-20-28/h3-21H,2,22-24H2,1H3/q+1.